The van der Waals surface area contributed by atoms with Crippen LogP contribution < -0.4 is 5.32 Å². The summed E-state index contributed by atoms with van der Waals surface area (Å²) in [6, 6.07) is 2.57. The average Bonchev–Trinajstić information content (AvgIpc) is 2.45. The van der Waals surface area contributed by atoms with Crippen molar-refractivity contribution in [1.82, 2.24) is 9.62 Å². The summed E-state index contributed by atoms with van der Waals surface area (Å²) in [5, 5.41) is 3.20. The predicted octanol–water partition coefficient (Wildman–Crippen LogP) is 1.97. The molecule has 0 radical (unpaired) electrons. The van der Waals surface area contributed by atoms with Gasteiger partial charge in [-0.25, -0.2) is 17.2 Å². The monoisotopic (exact) mass is 318 g/mol. The van der Waals surface area contributed by atoms with Crippen molar-refractivity contribution >= 4 is 10.0 Å². The molecule has 1 aromatic rings. The van der Waals surface area contributed by atoms with E-state index in [1.165, 1.54) is 4.31 Å². The first kappa shape index (κ1) is 16.3. The van der Waals surface area contributed by atoms with Crippen LogP contribution in [0, 0.1) is 17.6 Å². The second-order valence-electron chi connectivity index (χ2n) is 5.25. The number of rotatable bonds is 5. The highest BCUT2D eigenvalue weighted by atomic mass is 32.2. The Hall–Kier alpha value is -1.05. The summed E-state index contributed by atoms with van der Waals surface area (Å²) in [5.41, 5.74) is 0. The fourth-order valence-electron chi connectivity index (χ4n) is 2.58. The maximum Gasteiger partial charge on any atom is 0.245 e. The van der Waals surface area contributed by atoms with Crippen molar-refractivity contribution in [3.8, 4) is 0 Å². The van der Waals surface area contributed by atoms with Crippen LogP contribution in [0.4, 0.5) is 8.78 Å². The lowest BCUT2D eigenvalue weighted by molar-refractivity contribution is 0.260. The quantitative estimate of drug-likeness (QED) is 0.903. The number of piperidine rings is 1. The van der Waals surface area contributed by atoms with Gasteiger partial charge in [-0.2, -0.15) is 4.31 Å². The number of hydrogen-bond acceptors (Lipinski definition) is 3. The number of nitrogens with zero attached hydrogens (tertiary/aromatic N) is 1. The molecule has 1 fully saturated rings. The molecule has 118 valence electrons. The number of benzene rings is 1. The molecular formula is C14H20F2N2O2S. The maximum absolute atomic E-state index is 13.7. The summed E-state index contributed by atoms with van der Waals surface area (Å²) in [6.07, 6.45) is 1.70. The minimum Gasteiger partial charge on any atom is -0.317 e. The van der Waals surface area contributed by atoms with Gasteiger partial charge in [0.15, 0.2) is 0 Å². The molecule has 1 saturated heterocycles. The SMILES string of the molecule is CCNCC1CCCN(S(=O)(=O)c2ccc(F)cc2F)C1. The Morgan fingerprint density at radius 2 is 2.14 bits per heavy atom. The molecule has 0 bridgehead atoms. The van der Waals surface area contributed by atoms with Crippen LogP contribution in [0.1, 0.15) is 19.8 Å². The van der Waals surface area contributed by atoms with Crippen molar-refractivity contribution in [2.75, 3.05) is 26.2 Å². The summed E-state index contributed by atoms with van der Waals surface area (Å²) < 4.78 is 52.9. The van der Waals surface area contributed by atoms with Crippen LogP contribution in [0.15, 0.2) is 23.1 Å². The Kier molecular flexibility index (Phi) is 5.29. The van der Waals surface area contributed by atoms with E-state index in [9.17, 15) is 17.2 Å². The molecule has 0 aliphatic carbocycles. The normalized spacial score (nSPS) is 20.6. The van der Waals surface area contributed by atoms with Crippen LogP contribution in [0.5, 0.6) is 0 Å². The van der Waals surface area contributed by atoms with E-state index in [0.717, 1.165) is 38.1 Å². The van der Waals surface area contributed by atoms with Gasteiger partial charge in [-0.1, -0.05) is 6.92 Å². The average molecular weight is 318 g/mol. The Morgan fingerprint density at radius 3 is 2.81 bits per heavy atom. The minimum absolute atomic E-state index is 0.219. The van der Waals surface area contributed by atoms with Crippen LogP contribution >= 0.6 is 0 Å². The molecule has 0 spiro atoms. The zero-order valence-electron chi connectivity index (χ0n) is 12.0. The van der Waals surface area contributed by atoms with Crippen LogP contribution in [-0.4, -0.2) is 38.9 Å². The highest BCUT2D eigenvalue weighted by Crippen LogP contribution is 2.25. The standard InChI is InChI=1S/C14H20F2N2O2S/c1-2-17-9-11-4-3-7-18(10-11)21(19,20)14-6-5-12(15)8-13(14)16/h5-6,8,11,17H,2-4,7,9-10H2,1H3. The van der Waals surface area contributed by atoms with Gasteiger partial charge in [-0.05, 0) is 44.0 Å². The molecule has 0 saturated carbocycles. The third-order valence-corrected chi connectivity index (χ3v) is 5.57. The summed E-state index contributed by atoms with van der Waals surface area (Å²) in [4.78, 5) is -0.451. The van der Waals surface area contributed by atoms with Crippen molar-refractivity contribution in [3.05, 3.63) is 29.8 Å². The number of hydrogen-bond donors (Lipinski definition) is 1. The van der Waals surface area contributed by atoms with E-state index in [0.29, 0.717) is 19.2 Å². The Bertz CT molecular complexity index is 593. The van der Waals surface area contributed by atoms with Gasteiger partial charge in [0.1, 0.15) is 16.5 Å². The van der Waals surface area contributed by atoms with Crippen molar-refractivity contribution in [3.63, 3.8) is 0 Å². The first-order valence-corrected chi connectivity index (χ1v) is 8.55. The van der Waals surface area contributed by atoms with E-state index in [-0.39, 0.29) is 5.92 Å². The predicted molar refractivity (Wildman–Crippen MR) is 76.4 cm³/mol. The summed E-state index contributed by atoms with van der Waals surface area (Å²) in [7, 11) is -3.90. The fraction of sp³-hybridized carbons (Fsp3) is 0.571. The Balaban J connectivity index is 2.18. The Labute approximate surface area is 124 Å². The van der Waals surface area contributed by atoms with Crippen LogP contribution in [0.2, 0.25) is 0 Å². The van der Waals surface area contributed by atoms with Crippen LogP contribution in [0.25, 0.3) is 0 Å². The molecular weight excluding hydrogens is 298 g/mol. The van der Waals surface area contributed by atoms with Gasteiger partial charge < -0.3 is 5.32 Å². The van der Waals surface area contributed by atoms with E-state index in [4.69, 9.17) is 0 Å². The third kappa shape index (κ3) is 3.78. The lowest BCUT2D eigenvalue weighted by Crippen LogP contribution is -2.43. The van der Waals surface area contributed by atoms with Crippen molar-refractivity contribution in [2.24, 2.45) is 5.92 Å². The van der Waals surface area contributed by atoms with E-state index in [2.05, 4.69) is 5.32 Å². The molecule has 1 heterocycles. The van der Waals surface area contributed by atoms with Crippen LogP contribution in [-0.2, 0) is 10.0 Å². The number of nitrogens with one attached hydrogen (secondary N) is 1. The minimum atomic E-state index is -3.90. The summed E-state index contributed by atoms with van der Waals surface area (Å²) in [6.45, 7) is 4.31. The molecule has 1 aromatic carbocycles. The summed E-state index contributed by atoms with van der Waals surface area (Å²) in [5.74, 6) is -1.60. The van der Waals surface area contributed by atoms with Gasteiger partial charge in [-0.3, -0.25) is 0 Å². The highest BCUT2D eigenvalue weighted by Gasteiger charge is 2.31. The highest BCUT2D eigenvalue weighted by molar-refractivity contribution is 7.89. The van der Waals surface area contributed by atoms with Gasteiger partial charge in [0.25, 0.3) is 0 Å². The molecule has 1 atom stereocenters. The smallest absolute Gasteiger partial charge is 0.245 e. The first-order chi connectivity index (χ1) is 9.95. The molecule has 1 N–H and O–H groups in total. The molecule has 1 aliphatic rings. The molecule has 2 rings (SSSR count). The van der Waals surface area contributed by atoms with E-state index in [1.807, 2.05) is 6.92 Å². The lowest BCUT2D eigenvalue weighted by atomic mass is 10.00. The number of halogens is 2. The number of sulfonamides is 1. The van der Waals surface area contributed by atoms with E-state index < -0.39 is 26.6 Å². The van der Waals surface area contributed by atoms with Crippen molar-refractivity contribution in [2.45, 2.75) is 24.7 Å². The molecule has 0 aromatic heterocycles. The van der Waals surface area contributed by atoms with Gasteiger partial charge in [0.05, 0.1) is 0 Å². The second-order valence-corrected chi connectivity index (χ2v) is 7.16. The maximum atomic E-state index is 13.7. The molecule has 1 unspecified atom stereocenters. The topological polar surface area (TPSA) is 49.4 Å². The lowest BCUT2D eigenvalue weighted by Gasteiger charge is -2.32. The zero-order chi connectivity index (χ0) is 15.5. The first-order valence-electron chi connectivity index (χ1n) is 7.11. The third-order valence-electron chi connectivity index (χ3n) is 3.68. The zero-order valence-corrected chi connectivity index (χ0v) is 12.8. The van der Waals surface area contributed by atoms with Crippen LogP contribution in [0.3, 0.4) is 0 Å². The van der Waals surface area contributed by atoms with E-state index in [1.54, 1.807) is 0 Å². The van der Waals surface area contributed by atoms with Gasteiger partial charge in [0, 0.05) is 19.2 Å². The molecule has 1 aliphatic heterocycles. The Morgan fingerprint density at radius 1 is 1.38 bits per heavy atom. The molecule has 4 nitrogen and oxygen atoms in total. The summed E-state index contributed by atoms with van der Waals surface area (Å²) >= 11 is 0. The second kappa shape index (κ2) is 6.81. The molecule has 0 amide bonds. The van der Waals surface area contributed by atoms with Gasteiger partial charge in [0.2, 0.25) is 10.0 Å². The van der Waals surface area contributed by atoms with E-state index >= 15 is 0 Å². The van der Waals surface area contributed by atoms with Gasteiger partial charge in [-0.15, -0.1) is 0 Å². The fourth-order valence-corrected chi connectivity index (χ4v) is 4.18. The van der Waals surface area contributed by atoms with Crippen molar-refractivity contribution in [1.29, 1.82) is 0 Å². The molecule has 7 heteroatoms. The largest absolute Gasteiger partial charge is 0.317 e. The van der Waals surface area contributed by atoms with Gasteiger partial charge >= 0.3 is 0 Å². The molecule has 21 heavy (non-hydrogen) atoms. The van der Waals surface area contributed by atoms with Crippen molar-refractivity contribution < 1.29 is 17.2 Å².